The van der Waals surface area contributed by atoms with Gasteiger partial charge in [-0.2, -0.15) is 0 Å². The Morgan fingerprint density at radius 2 is 0.917 bits per heavy atom. The third-order valence-corrected chi connectivity index (χ3v) is 3.55. The van der Waals surface area contributed by atoms with Crippen LogP contribution in [0.5, 0.6) is 0 Å². The predicted octanol–water partition coefficient (Wildman–Crippen LogP) is -0.973. The summed E-state index contributed by atoms with van der Waals surface area (Å²) < 4.78 is 3.04. The van der Waals surface area contributed by atoms with Crippen LogP contribution in [0, 0.1) is 0 Å². The molecule has 72 valence electrons. The highest BCUT2D eigenvalue weighted by atomic mass is 31.2. The monoisotopic (exact) mass is 214 g/mol. The van der Waals surface area contributed by atoms with Gasteiger partial charge in [-0.05, 0) is 0 Å². The Hall–Kier alpha value is 0.620. The van der Waals surface area contributed by atoms with Crippen molar-refractivity contribution in [3.8, 4) is 0 Å². The van der Waals surface area contributed by atoms with E-state index in [-0.39, 0.29) is 0 Å². The fraction of sp³-hybridized carbons (Fsp3) is 1.00. The van der Waals surface area contributed by atoms with Crippen LogP contribution in [0.4, 0.5) is 0 Å². The Labute approximate surface area is 73.0 Å². The van der Waals surface area contributed by atoms with Gasteiger partial charge in [-0.1, -0.05) is 0 Å². The molecule has 1 saturated heterocycles. The molecule has 1 heterocycles. The van der Waals surface area contributed by atoms with Crippen LogP contribution < -0.4 is 0 Å². The molecule has 1 rings (SSSR count). The number of hydrogen-bond acceptors (Lipinski definition) is 6. The minimum Gasteiger partial charge on any atom is -0.338 e. The summed E-state index contributed by atoms with van der Waals surface area (Å²) in [6.07, 6.45) is 0. The molecule has 6 nitrogen and oxygen atoms in total. The van der Waals surface area contributed by atoms with Gasteiger partial charge in [-0.3, -0.25) is 0 Å². The maximum absolute atomic E-state index is 8.81. The van der Waals surface area contributed by atoms with E-state index in [4.69, 9.17) is 19.6 Å². The van der Waals surface area contributed by atoms with Crippen LogP contribution in [0.2, 0.25) is 0 Å². The molecule has 0 spiro atoms. The first-order valence-electron chi connectivity index (χ1n) is 3.46. The van der Waals surface area contributed by atoms with Crippen molar-refractivity contribution in [3.05, 3.63) is 0 Å². The van der Waals surface area contributed by atoms with Gasteiger partial charge in [-0.15, -0.1) is 0 Å². The van der Waals surface area contributed by atoms with Crippen molar-refractivity contribution in [2.75, 3.05) is 26.2 Å². The normalized spacial score (nSPS) is 22.5. The van der Waals surface area contributed by atoms with Crippen LogP contribution in [0.25, 0.3) is 0 Å². The summed E-state index contributed by atoms with van der Waals surface area (Å²) in [5, 5.41) is 0. The topological polar surface area (TPSA) is 87.4 Å². The molecule has 1 fully saturated rings. The Balaban J connectivity index is 2.30. The summed E-state index contributed by atoms with van der Waals surface area (Å²) in [4.78, 5) is 35.2. The van der Waals surface area contributed by atoms with E-state index in [1.807, 2.05) is 0 Å². The fourth-order valence-corrected chi connectivity index (χ4v) is 2.12. The van der Waals surface area contributed by atoms with E-state index in [0.29, 0.717) is 26.2 Å². The first kappa shape index (κ1) is 10.7. The second kappa shape index (κ2) is 4.74. The molecule has 4 N–H and O–H groups in total. The second-order valence-corrected chi connectivity index (χ2v) is 4.65. The highest BCUT2D eigenvalue weighted by Gasteiger charge is 2.24. The average molecular weight is 214 g/mol. The molecule has 0 radical (unpaired) electrons. The van der Waals surface area contributed by atoms with Gasteiger partial charge < -0.3 is 19.6 Å². The van der Waals surface area contributed by atoms with Crippen molar-refractivity contribution in [2.45, 2.75) is 0 Å². The van der Waals surface area contributed by atoms with Gasteiger partial charge >= 0.3 is 0 Å². The van der Waals surface area contributed by atoms with E-state index in [2.05, 4.69) is 0 Å². The van der Waals surface area contributed by atoms with E-state index < -0.39 is 17.1 Å². The van der Waals surface area contributed by atoms with Crippen molar-refractivity contribution >= 4 is 17.1 Å². The van der Waals surface area contributed by atoms with Gasteiger partial charge in [-0.25, -0.2) is 9.34 Å². The lowest BCUT2D eigenvalue weighted by Crippen LogP contribution is -2.41. The van der Waals surface area contributed by atoms with Crippen molar-refractivity contribution in [2.24, 2.45) is 0 Å². The second-order valence-electron chi connectivity index (χ2n) is 2.44. The highest BCUT2D eigenvalue weighted by Crippen LogP contribution is 2.35. The summed E-state index contributed by atoms with van der Waals surface area (Å²) in [5.41, 5.74) is 0. The van der Waals surface area contributed by atoms with Crippen LogP contribution >= 0.6 is 17.1 Å². The molecule has 0 atom stereocenters. The fourth-order valence-electron chi connectivity index (χ4n) is 1.04. The molecule has 12 heavy (non-hydrogen) atoms. The Morgan fingerprint density at radius 1 is 0.667 bits per heavy atom. The van der Waals surface area contributed by atoms with E-state index in [9.17, 15) is 0 Å². The summed E-state index contributed by atoms with van der Waals surface area (Å²) in [6, 6.07) is 0. The predicted molar refractivity (Wildman–Crippen MR) is 45.9 cm³/mol. The Morgan fingerprint density at radius 3 is 1.08 bits per heavy atom. The van der Waals surface area contributed by atoms with Gasteiger partial charge in [0.1, 0.15) is 0 Å². The Bertz CT molecular complexity index is 123. The molecular formula is C4H12N2O4P2. The van der Waals surface area contributed by atoms with Crippen molar-refractivity contribution < 1.29 is 19.6 Å². The van der Waals surface area contributed by atoms with Crippen LogP contribution in [0.3, 0.4) is 0 Å². The zero-order chi connectivity index (χ0) is 9.14. The first-order valence-corrected chi connectivity index (χ1v) is 5.86. The molecule has 0 aromatic carbocycles. The SMILES string of the molecule is OP(O)N1CCN(P(O)O)CC1. The number of rotatable bonds is 2. The van der Waals surface area contributed by atoms with Gasteiger partial charge in [0.05, 0.1) is 0 Å². The summed E-state index contributed by atoms with van der Waals surface area (Å²) in [7, 11) is -4.01. The molecule has 0 amide bonds. The van der Waals surface area contributed by atoms with E-state index in [1.165, 1.54) is 9.34 Å². The maximum Gasteiger partial charge on any atom is 0.253 e. The molecule has 1 aliphatic heterocycles. The minimum absolute atomic E-state index is 0.471. The molecular weight excluding hydrogens is 202 g/mol. The molecule has 0 aromatic rings. The lowest BCUT2D eigenvalue weighted by atomic mass is 10.4. The third kappa shape index (κ3) is 2.83. The third-order valence-electron chi connectivity index (χ3n) is 1.74. The van der Waals surface area contributed by atoms with Crippen LogP contribution in [-0.2, 0) is 0 Å². The van der Waals surface area contributed by atoms with Crippen molar-refractivity contribution in [1.29, 1.82) is 0 Å². The minimum atomic E-state index is -2.01. The highest BCUT2D eigenvalue weighted by molar-refractivity contribution is 7.42. The van der Waals surface area contributed by atoms with Gasteiger partial charge in [0.25, 0.3) is 17.1 Å². The van der Waals surface area contributed by atoms with E-state index in [1.54, 1.807) is 0 Å². The van der Waals surface area contributed by atoms with Crippen LogP contribution in [0.15, 0.2) is 0 Å². The standard InChI is InChI=1S/C4H12N2O4P2/c7-11(8)5-1-2-6(4-3-5)12(9)10/h7-10H,1-4H2. The summed E-state index contributed by atoms with van der Waals surface area (Å²) in [6.45, 7) is 1.88. The quantitative estimate of drug-likeness (QED) is 0.442. The maximum atomic E-state index is 8.81. The average Bonchev–Trinajstić information content (AvgIpc) is 2.04. The molecule has 1 aliphatic rings. The number of nitrogens with zero attached hydrogens (tertiary/aromatic N) is 2. The smallest absolute Gasteiger partial charge is 0.253 e. The molecule has 0 unspecified atom stereocenters. The van der Waals surface area contributed by atoms with Crippen LogP contribution in [0.1, 0.15) is 0 Å². The van der Waals surface area contributed by atoms with E-state index >= 15 is 0 Å². The zero-order valence-corrected chi connectivity index (χ0v) is 8.19. The van der Waals surface area contributed by atoms with Crippen LogP contribution in [-0.4, -0.2) is 55.1 Å². The number of hydrogen-bond donors (Lipinski definition) is 4. The van der Waals surface area contributed by atoms with Gasteiger partial charge in [0.2, 0.25) is 0 Å². The molecule has 0 aromatic heterocycles. The zero-order valence-electron chi connectivity index (χ0n) is 6.41. The molecule has 0 saturated carbocycles. The van der Waals surface area contributed by atoms with Gasteiger partial charge in [0, 0.05) is 26.2 Å². The lowest BCUT2D eigenvalue weighted by molar-refractivity contribution is 0.229. The summed E-state index contributed by atoms with van der Waals surface area (Å²) in [5.74, 6) is 0. The first-order chi connectivity index (χ1) is 5.61. The van der Waals surface area contributed by atoms with Gasteiger partial charge in [0.15, 0.2) is 0 Å². The lowest BCUT2D eigenvalue weighted by Gasteiger charge is -2.34. The molecule has 0 bridgehead atoms. The summed E-state index contributed by atoms with van der Waals surface area (Å²) >= 11 is 0. The van der Waals surface area contributed by atoms with Crippen molar-refractivity contribution in [1.82, 2.24) is 9.34 Å². The number of piperazine rings is 1. The van der Waals surface area contributed by atoms with Crippen molar-refractivity contribution in [3.63, 3.8) is 0 Å². The Kier molecular flexibility index (Phi) is 4.23. The largest absolute Gasteiger partial charge is 0.338 e. The van der Waals surface area contributed by atoms with E-state index in [0.717, 1.165) is 0 Å². The molecule has 8 heteroatoms. The molecule has 0 aliphatic carbocycles.